The lowest BCUT2D eigenvalue weighted by Gasteiger charge is -2.03. The molecule has 0 fully saturated rings. The van der Waals surface area contributed by atoms with E-state index in [1.165, 1.54) is 0 Å². The van der Waals surface area contributed by atoms with Crippen molar-refractivity contribution >= 4 is 23.2 Å². The minimum atomic E-state index is -0.744. The number of carboxylic acids is 1. The smallest absolute Gasteiger partial charge is 0.303 e. The molecule has 6 heteroatoms. The maximum absolute atomic E-state index is 11.6. The Morgan fingerprint density at radius 1 is 1.32 bits per heavy atom. The van der Waals surface area contributed by atoms with Crippen LogP contribution in [-0.2, 0) is 16.0 Å². The first-order valence-corrected chi connectivity index (χ1v) is 7.35. The van der Waals surface area contributed by atoms with Crippen LogP contribution in [-0.4, -0.2) is 28.5 Å². The van der Waals surface area contributed by atoms with Gasteiger partial charge in [0, 0.05) is 18.3 Å². The van der Waals surface area contributed by atoms with Crippen molar-refractivity contribution in [1.82, 2.24) is 10.3 Å². The third kappa shape index (κ3) is 7.56. The van der Waals surface area contributed by atoms with Gasteiger partial charge in [-0.1, -0.05) is 12.8 Å². The summed E-state index contributed by atoms with van der Waals surface area (Å²) >= 11 is 1.55. The first kappa shape index (κ1) is 15.6. The number of nitrogens with one attached hydrogen (secondary N) is 1. The minimum Gasteiger partial charge on any atom is -0.481 e. The zero-order chi connectivity index (χ0) is 14.1. The number of unbranched alkanes of at least 4 members (excludes halogenated alkanes) is 3. The molecule has 2 N–H and O–H groups in total. The second kappa shape index (κ2) is 8.63. The Labute approximate surface area is 117 Å². The van der Waals surface area contributed by atoms with Crippen LogP contribution in [0.3, 0.4) is 0 Å². The summed E-state index contributed by atoms with van der Waals surface area (Å²) in [4.78, 5) is 26.1. The van der Waals surface area contributed by atoms with Crippen molar-refractivity contribution in [2.24, 2.45) is 0 Å². The van der Waals surface area contributed by atoms with Crippen LogP contribution in [0.15, 0.2) is 5.38 Å². The van der Waals surface area contributed by atoms with Crippen LogP contribution < -0.4 is 5.32 Å². The molecular formula is C13H20N2O3S. The van der Waals surface area contributed by atoms with Gasteiger partial charge in [0.2, 0.25) is 5.91 Å². The molecule has 1 aromatic heterocycles. The highest BCUT2D eigenvalue weighted by molar-refractivity contribution is 7.09. The second-order valence-electron chi connectivity index (χ2n) is 4.44. The zero-order valence-corrected chi connectivity index (χ0v) is 12.0. The molecule has 0 radical (unpaired) electrons. The number of amides is 1. The van der Waals surface area contributed by atoms with E-state index in [0.29, 0.717) is 19.4 Å². The molecule has 1 heterocycles. The molecule has 0 spiro atoms. The molecule has 5 nitrogen and oxygen atoms in total. The molecule has 106 valence electrons. The van der Waals surface area contributed by atoms with Gasteiger partial charge in [-0.25, -0.2) is 4.98 Å². The standard InChI is InChI=1S/C13H20N2O3S/c1-10-15-11(9-19-10)8-12(16)14-7-5-3-2-4-6-13(17)18/h9H,2-8H2,1H3,(H,14,16)(H,17,18). The summed E-state index contributed by atoms with van der Waals surface area (Å²) in [5, 5.41) is 14.2. The third-order valence-electron chi connectivity index (χ3n) is 2.65. The van der Waals surface area contributed by atoms with E-state index in [4.69, 9.17) is 5.11 Å². The number of nitrogens with zero attached hydrogens (tertiary/aromatic N) is 1. The molecule has 0 aliphatic heterocycles. The molecule has 0 saturated carbocycles. The molecule has 0 saturated heterocycles. The Kier molecular flexibility index (Phi) is 7.10. The summed E-state index contributed by atoms with van der Waals surface area (Å²) in [6.45, 7) is 2.57. The lowest BCUT2D eigenvalue weighted by molar-refractivity contribution is -0.137. The van der Waals surface area contributed by atoms with E-state index in [1.54, 1.807) is 11.3 Å². The average Bonchev–Trinajstić information content (AvgIpc) is 2.73. The fourth-order valence-electron chi connectivity index (χ4n) is 1.70. The van der Waals surface area contributed by atoms with Gasteiger partial charge in [-0.3, -0.25) is 9.59 Å². The fraction of sp³-hybridized carbons (Fsp3) is 0.615. The Morgan fingerprint density at radius 3 is 2.68 bits per heavy atom. The van der Waals surface area contributed by atoms with Gasteiger partial charge < -0.3 is 10.4 Å². The van der Waals surface area contributed by atoms with Gasteiger partial charge in [-0.15, -0.1) is 11.3 Å². The predicted molar refractivity (Wildman–Crippen MR) is 74.3 cm³/mol. The molecular weight excluding hydrogens is 264 g/mol. The van der Waals surface area contributed by atoms with Crippen LogP contribution in [0.1, 0.15) is 42.8 Å². The topological polar surface area (TPSA) is 79.3 Å². The lowest BCUT2D eigenvalue weighted by Crippen LogP contribution is -2.26. The molecule has 0 unspecified atom stereocenters. The molecule has 0 bridgehead atoms. The van der Waals surface area contributed by atoms with Crippen molar-refractivity contribution < 1.29 is 14.7 Å². The van der Waals surface area contributed by atoms with Crippen LogP contribution in [0.5, 0.6) is 0 Å². The summed E-state index contributed by atoms with van der Waals surface area (Å²) in [6, 6.07) is 0. The number of carboxylic acid groups (broad SMARTS) is 1. The quantitative estimate of drug-likeness (QED) is 0.681. The van der Waals surface area contributed by atoms with Gasteiger partial charge in [0.05, 0.1) is 17.1 Å². The molecule has 1 amide bonds. The number of aliphatic carboxylic acids is 1. The highest BCUT2D eigenvalue weighted by Gasteiger charge is 2.05. The van der Waals surface area contributed by atoms with Crippen LogP contribution in [0.2, 0.25) is 0 Å². The van der Waals surface area contributed by atoms with Crippen molar-refractivity contribution in [3.8, 4) is 0 Å². The number of aromatic nitrogens is 1. The Morgan fingerprint density at radius 2 is 2.05 bits per heavy atom. The van der Waals surface area contributed by atoms with Crippen molar-refractivity contribution in [3.63, 3.8) is 0 Å². The van der Waals surface area contributed by atoms with Crippen LogP contribution in [0, 0.1) is 6.92 Å². The summed E-state index contributed by atoms with van der Waals surface area (Å²) in [6.07, 6.45) is 4.01. The molecule has 19 heavy (non-hydrogen) atoms. The molecule has 1 rings (SSSR count). The lowest BCUT2D eigenvalue weighted by atomic mass is 10.1. The van der Waals surface area contributed by atoms with E-state index >= 15 is 0 Å². The van der Waals surface area contributed by atoms with Gasteiger partial charge in [0.25, 0.3) is 0 Å². The number of thiazole rings is 1. The molecule has 1 aromatic rings. The molecule has 0 aliphatic carbocycles. The van der Waals surface area contributed by atoms with Crippen molar-refractivity contribution in [2.75, 3.05) is 6.54 Å². The maximum Gasteiger partial charge on any atom is 0.303 e. The Balaban J connectivity index is 2.00. The van der Waals surface area contributed by atoms with Crippen molar-refractivity contribution in [2.45, 2.75) is 45.4 Å². The summed E-state index contributed by atoms with van der Waals surface area (Å²) in [5.41, 5.74) is 0.821. The number of hydrogen-bond acceptors (Lipinski definition) is 4. The Bertz CT molecular complexity index is 418. The van der Waals surface area contributed by atoms with Gasteiger partial charge in [-0.05, 0) is 19.8 Å². The molecule has 0 aliphatic rings. The molecule has 0 atom stereocenters. The monoisotopic (exact) mass is 284 g/mol. The molecule has 0 aromatic carbocycles. The third-order valence-corrected chi connectivity index (χ3v) is 3.47. The van der Waals surface area contributed by atoms with E-state index in [2.05, 4.69) is 10.3 Å². The number of rotatable bonds is 9. The maximum atomic E-state index is 11.6. The number of carbonyl (C=O) groups is 2. The minimum absolute atomic E-state index is 0.00386. The van der Waals surface area contributed by atoms with E-state index in [0.717, 1.165) is 30.0 Å². The van der Waals surface area contributed by atoms with Gasteiger partial charge in [-0.2, -0.15) is 0 Å². The first-order chi connectivity index (χ1) is 9.08. The van der Waals surface area contributed by atoms with Gasteiger partial charge in [0.1, 0.15) is 0 Å². The van der Waals surface area contributed by atoms with Crippen molar-refractivity contribution in [3.05, 3.63) is 16.1 Å². The summed E-state index contributed by atoms with van der Waals surface area (Å²) in [7, 11) is 0. The van der Waals surface area contributed by atoms with Crippen LogP contribution in [0.25, 0.3) is 0 Å². The summed E-state index contributed by atoms with van der Waals surface area (Å²) < 4.78 is 0. The predicted octanol–water partition coefficient (Wildman–Crippen LogP) is 2.15. The highest BCUT2D eigenvalue weighted by Crippen LogP contribution is 2.08. The van der Waals surface area contributed by atoms with Crippen molar-refractivity contribution in [1.29, 1.82) is 0 Å². The second-order valence-corrected chi connectivity index (χ2v) is 5.50. The van der Waals surface area contributed by atoms with Crippen LogP contribution >= 0.6 is 11.3 Å². The van der Waals surface area contributed by atoms with Gasteiger partial charge >= 0.3 is 5.97 Å². The van der Waals surface area contributed by atoms with Gasteiger partial charge in [0.15, 0.2) is 0 Å². The first-order valence-electron chi connectivity index (χ1n) is 6.47. The fourth-order valence-corrected chi connectivity index (χ4v) is 2.31. The van der Waals surface area contributed by atoms with Crippen LogP contribution in [0.4, 0.5) is 0 Å². The largest absolute Gasteiger partial charge is 0.481 e. The van der Waals surface area contributed by atoms with E-state index in [1.807, 2.05) is 12.3 Å². The highest BCUT2D eigenvalue weighted by atomic mass is 32.1. The average molecular weight is 284 g/mol. The Hall–Kier alpha value is -1.43. The van der Waals surface area contributed by atoms with E-state index < -0.39 is 5.97 Å². The zero-order valence-electron chi connectivity index (χ0n) is 11.1. The number of hydrogen-bond donors (Lipinski definition) is 2. The number of carbonyl (C=O) groups excluding carboxylic acids is 1. The normalized spacial score (nSPS) is 10.4. The number of aryl methyl sites for hydroxylation is 1. The van der Waals surface area contributed by atoms with E-state index in [-0.39, 0.29) is 12.3 Å². The SMILES string of the molecule is Cc1nc(CC(=O)NCCCCCCC(=O)O)cs1. The van der Waals surface area contributed by atoms with E-state index in [9.17, 15) is 9.59 Å². The summed E-state index contributed by atoms with van der Waals surface area (Å²) in [5.74, 6) is -0.748.